The molecule has 8 nitrogen and oxygen atoms in total. The highest BCUT2D eigenvalue weighted by Gasteiger charge is 2.11. The summed E-state index contributed by atoms with van der Waals surface area (Å²) in [6.07, 6.45) is 1.66. The number of hydrogen-bond donors (Lipinski definition) is 1. The van der Waals surface area contributed by atoms with Crippen molar-refractivity contribution in [2.75, 3.05) is 12.5 Å². The number of fused-ring (bicyclic) bond motifs is 3. The van der Waals surface area contributed by atoms with Crippen molar-refractivity contribution in [2.24, 2.45) is 5.10 Å². The third-order valence-electron chi connectivity index (χ3n) is 4.03. The molecule has 0 amide bonds. The van der Waals surface area contributed by atoms with Crippen LogP contribution >= 0.6 is 0 Å². The van der Waals surface area contributed by atoms with Crippen LogP contribution in [0.5, 0.6) is 5.75 Å². The van der Waals surface area contributed by atoms with Crippen molar-refractivity contribution >= 4 is 28.7 Å². The fourth-order valence-corrected chi connectivity index (χ4v) is 2.64. The summed E-state index contributed by atoms with van der Waals surface area (Å²) in [5.74, 6) is 1.14. The summed E-state index contributed by atoms with van der Waals surface area (Å²) in [7, 11) is 1.62. The quantitative estimate of drug-likeness (QED) is 0.341. The maximum Gasteiger partial charge on any atom is 0.294 e. The molecule has 8 heteroatoms. The Kier molecular flexibility index (Phi) is 4.21. The van der Waals surface area contributed by atoms with Gasteiger partial charge in [-0.1, -0.05) is 12.1 Å². The van der Waals surface area contributed by atoms with Crippen LogP contribution in [0.3, 0.4) is 0 Å². The molecule has 0 spiro atoms. The number of anilines is 1. The number of hydrazone groups is 1. The molecule has 0 aliphatic rings. The lowest BCUT2D eigenvalue weighted by atomic mass is 10.2. The van der Waals surface area contributed by atoms with E-state index in [1.54, 1.807) is 20.2 Å². The Morgan fingerprint density at radius 3 is 2.67 bits per heavy atom. The zero-order chi connectivity index (χ0) is 18.8. The second-order valence-corrected chi connectivity index (χ2v) is 5.83. The summed E-state index contributed by atoms with van der Waals surface area (Å²) in [5, 5.41) is 9.27. The van der Waals surface area contributed by atoms with E-state index in [0.29, 0.717) is 17.1 Å². The summed E-state index contributed by atoms with van der Waals surface area (Å²) < 4.78 is 6.63. The Morgan fingerprint density at radius 2 is 1.89 bits per heavy atom. The van der Waals surface area contributed by atoms with Crippen molar-refractivity contribution in [3.05, 3.63) is 70.1 Å². The molecule has 0 saturated heterocycles. The van der Waals surface area contributed by atoms with E-state index in [9.17, 15) is 4.79 Å². The molecule has 2 aromatic heterocycles. The predicted octanol–water partition coefficient (Wildman–Crippen LogP) is 2.40. The van der Waals surface area contributed by atoms with Gasteiger partial charge in [0, 0.05) is 5.39 Å². The van der Waals surface area contributed by atoms with Crippen LogP contribution in [-0.4, -0.2) is 32.9 Å². The van der Waals surface area contributed by atoms with Crippen molar-refractivity contribution in [3.63, 3.8) is 0 Å². The van der Waals surface area contributed by atoms with Gasteiger partial charge in [-0.25, -0.2) is 10.4 Å². The molecule has 0 radical (unpaired) electrons. The first-order valence-electron chi connectivity index (χ1n) is 8.25. The lowest BCUT2D eigenvalue weighted by Crippen LogP contribution is -2.18. The summed E-state index contributed by atoms with van der Waals surface area (Å²) in [4.78, 5) is 20.7. The largest absolute Gasteiger partial charge is 0.497 e. The van der Waals surface area contributed by atoms with E-state index in [4.69, 9.17) is 4.74 Å². The second-order valence-electron chi connectivity index (χ2n) is 5.83. The van der Waals surface area contributed by atoms with Gasteiger partial charge in [-0.2, -0.15) is 19.7 Å². The highest BCUT2D eigenvalue weighted by atomic mass is 16.5. The molecular weight excluding hydrogens is 344 g/mol. The fraction of sp³-hybridized carbons (Fsp3) is 0.105. The first-order valence-corrected chi connectivity index (χ1v) is 8.25. The van der Waals surface area contributed by atoms with E-state index < -0.39 is 0 Å². The molecule has 27 heavy (non-hydrogen) atoms. The summed E-state index contributed by atoms with van der Waals surface area (Å²) in [5.41, 5.74) is 4.82. The first-order chi connectivity index (χ1) is 13.2. The standard InChI is InChI=1S/C19H16N6O2/c1-12-18(26)22-17-15-5-3-4-6-16(15)21-19(25(17)24-12)23-20-11-13-7-9-14(27-2)10-8-13/h3-11H,1-2H3,(H,21,23)/b20-11-. The van der Waals surface area contributed by atoms with Crippen molar-refractivity contribution in [1.82, 2.24) is 19.6 Å². The molecule has 4 rings (SSSR count). The van der Waals surface area contributed by atoms with E-state index in [2.05, 4.69) is 25.6 Å². The van der Waals surface area contributed by atoms with Crippen LogP contribution in [0.2, 0.25) is 0 Å². The molecule has 4 aromatic rings. The minimum absolute atomic E-state index is 0.284. The number of nitrogens with one attached hydrogen (secondary N) is 1. The van der Waals surface area contributed by atoms with Gasteiger partial charge in [0.2, 0.25) is 5.95 Å². The van der Waals surface area contributed by atoms with E-state index >= 15 is 0 Å². The highest BCUT2D eigenvalue weighted by Crippen LogP contribution is 2.19. The molecule has 0 atom stereocenters. The van der Waals surface area contributed by atoms with Gasteiger partial charge < -0.3 is 4.74 Å². The molecule has 1 N–H and O–H groups in total. The van der Waals surface area contributed by atoms with Gasteiger partial charge in [0.25, 0.3) is 5.56 Å². The van der Waals surface area contributed by atoms with Gasteiger partial charge in [0.1, 0.15) is 11.4 Å². The molecule has 0 saturated carbocycles. The van der Waals surface area contributed by atoms with Crippen molar-refractivity contribution < 1.29 is 4.74 Å². The monoisotopic (exact) mass is 360 g/mol. The highest BCUT2D eigenvalue weighted by molar-refractivity contribution is 5.92. The third kappa shape index (κ3) is 3.20. The molecule has 0 aliphatic carbocycles. The molecular formula is C19H16N6O2. The molecule has 0 bridgehead atoms. The Bertz CT molecular complexity index is 1210. The Hall–Kier alpha value is -3.81. The zero-order valence-corrected chi connectivity index (χ0v) is 14.7. The average Bonchev–Trinajstić information content (AvgIpc) is 2.70. The van der Waals surface area contributed by atoms with Crippen molar-refractivity contribution in [3.8, 4) is 5.75 Å². The van der Waals surface area contributed by atoms with Gasteiger partial charge >= 0.3 is 0 Å². The molecule has 0 unspecified atom stereocenters. The summed E-state index contributed by atoms with van der Waals surface area (Å²) in [6, 6.07) is 14.9. The number of benzene rings is 2. The smallest absolute Gasteiger partial charge is 0.294 e. The summed E-state index contributed by atoms with van der Waals surface area (Å²) in [6.45, 7) is 1.61. The molecule has 134 valence electrons. The van der Waals surface area contributed by atoms with Crippen molar-refractivity contribution in [1.29, 1.82) is 0 Å². The lowest BCUT2D eigenvalue weighted by Gasteiger charge is -2.09. The number of rotatable bonds is 4. The van der Waals surface area contributed by atoms with Crippen molar-refractivity contribution in [2.45, 2.75) is 6.92 Å². The van der Waals surface area contributed by atoms with Crippen LogP contribution in [0.15, 0.2) is 58.4 Å². The maximum atomic E-state index is 12.0. The van der Waals surface area contributed by atoms with Crippen LogP contribution in [-0.2, 0) is 0 Å². The minimum Gasteiger partial charge on any atom is -0.497 e. The maximum absolute atomic E-state index is 12.0. The van der Waals surface area contributed by atoms with Gasteiger partial charge in [-0.05, 0) is 48.9 Å². The second kappa shape index (κ2) is 6.83. The van der Waals surface area contributed by atoms with Crippen LogP contribution in [0, 0.1) is 6.92 Å². The van der Waals surface area contributed by atoms with E-state index in [-0.39, 0.29) is 11.3 Å². The van der Waals surface area contributed by atoms with Gasteiger partial charge in [-0.3, -0.25) is 4.79 Å². The SMILES string of the molecule is COc1ccc(/C=N\Nc2nc3ccccc3c3nc(=O)c(C)nn23)cc1. The van der Waals surface area contributed by atoms with Crippen LogP contribution in [0.4, 0.5) is 5.95 Å². The number of methoxy groups -OCH3 is 1. The molecule has 0 aliphatic heterocycles. The number of ether oxygens (including phenoxy) is 1. The van der Waals surface area contributed by atoms with E-state index in [1.807, 2.05) is 48.5 Å². The number of para-hydroxylation sites is 1. The molecule has 2 aromatic carbocycles. The third-order valence-corrected chi connectivity index (χ3v) is 4.03. The first kappa shape index (κ1) is 16.6. The molecule has 0 fully saturated rings. The van der Waals surface area contributed by atoms with Gasteiger partial charge in [0.15, 0.2) is 5.65 Å². The van der Waals surface area contributed by atoms with Crippen LogP contribution in [0.1, 0.15) is 11.3 Å². The Labute approximate surface area is 154 Å². The Morgan fingerprint density at radius 1 is 1.11 bits per heavy atom. The van der Waals surface area contributed by atoms with Crippen LogP contribution in [0.25, 0.3) is 16.6 Å². The number of aryl methyl sites for hydroxylation is 1. The minimum atomic E-state index is -0.362. The normalized spacial score (nSPS) is 11.3. The van der Waals surface area contributed by atoms with E-state index in [0.717, 1.165) is 16.7 Å². The van der Waals surface area contributed by atoms with Gasteiger partial charge in [-0.15, -0.1) is 0 Å². The van der Waals surface area contributed by atoms with Gasteiger partial charge in [0.05, 0.1) is 18.8 Å². The number of nitrogens with zero attached hydrogens (tertiary/aromatic N) is 5. The molecule has 2 heterocycles. The number of aromatic nitrogens is 4. The topological polar surface area (TPSA) is 93.8 Å². The average molecular weight is 360 g/mol. The zero-order valence-electron chi connectivity index (χ0n) is 14.7. The fourth-order valence-electron chi connectivity index (χ4n) is 2.64. The number of hydrogen-bond acceptors (Lipinski definition) is 7. The Balaban J connectivity index is 1.76. The van der Waals surface area contributed by atoms with Crippen LogP contribution < -0.4 is 15.7 Å². The van der Waals surface area contributed by atoms with E-state index in [1.165, 1.54) is 4.52 Å². The summed E-state index contributed by atoms with van der Waals surface area (Å²) >= 11 is 0. The lowest BCUT2D eigenvalue weighted by molar-refractivity contribution is 0.415. The predicted molar refractivity (Wildman–Crippen MR) is 104 cm³/mol.